The Kier molecular flexibility index (Phi) is 23.4. The molecule has 2 aromatic heterocycles. The first kappa shape index (κ1) is 58.4. The fourth-order valence-electron chi connectivity index (χ4n) is 8.24. The number of carboxylic acid groups (broad SMARTS) is 1. The van der Waals surface area contributed by atoms with Gasteiger partial charge < -0.3 is 35.8 Å². The highest BCUT2D eigenvalue weighted by atomic mass is 35.5. The van der Waals surface area contributed by atoms with Crippen molar-refractivity contribution in [1.82, 2.24) is 29.9 Å². The summed E-state index contributed by atoms with van der Waals surface area (Å²) in [6.45, 7) is 8.93. The molecular formula is C50H69ClN6O11S4. The van der Waals surface area contributed by atoms with Crippen LogP contribution in [0.25, 0.3) is 0 Å². The van der Waals surface area contributed by atoms with E-state index in [-0.39, 0.29) is 64.5 Å². The molecule has 5 N–H and O–H groups in total. The molecule has 4 heterocycles. The third-order valence-corrected chi connectivity index (χ3v) is 19.4. The van der Waals surface area contributed by atoms with Crippen LogP contribution in [-0.2, 0) is 42.7 Å². The Bertz CT molecular complexity index is 2620. The van der Waals surface area contributed by atoms with Gasteiger partial charge in [-0.3, -0.25) is 14.4 Å². The molecule has 2 aromatic carbocycles. The number of nitrogens with zero attached hydrogens (tertiary/aromatic N) is 2. The van der Waals surface area contributed by atoms with Crippen molar-refractivity contribution in [2.45, 2.75) is 131 Å². The molecule has 4 aromatic rings. The first-order valence-electron chi connectivity index (χ1n) is 24.6. The minimum absolute atomic E-state index is 0.0126. The van der Waals surface area contributed by atoms with Crippen LogP contribution in [0.5, 0.6) is 5.75 Å². The average Bonchev–Trinajstić information content (AvgIpc) is 4.16. The molecule has 2 atom stereocenters. The largest absolute Gasteiger partial charge is 0.497 e. The Balaban J connectivity index is 0.000000269. The number of aliphatic carboxylic acids is 1. The lowest BCUT2D eigenvalue weighted by Gasteiger charge is -2.31. The maximum Gasteiger partial charge on any atom is 0.340 e. The molecule has 2 saturated heterocycles. The first-order chi connectivity index (χ1) is 34.5. The second kappa shape index (κ2) is 28.9. The van der Waals surface area contributed by atoms with E-state index in [1.165, 1.54) is 42.8 Å². The van der Waals surface area contributed by atoms with Crippen LogP contribution in [0.15, 0.2) is 75.1 Å². The van der Waals surface area contributed by atoms with Gasteiger partial charge in [0, 0.05) is 57.6 Å². The maximum absolute atomic E-state index is 13.6. The quantitative estimate of drug-likeness (QED) is 0.0298. The van der Waals surface area contributed by atoms with Gasteiger partial charge in [-0.25, -0.2) is 21.6 Å². The van der Waals surface area contributed by atoms with Crippen molar-refractivity contribution in [3.8, 4) is 5.75 Å². The van der Waals surface area contributed by atoms with Gasteiger partial charge in [0.1, 0.15) is 20.2 Å². The lowest BCUT2D eigenvalue weighted by molar-refractivity contribution is -0.140. The predicted molar refractivity (Wildman–Crippen MR) is 281 cm³/mol. The van der Waals surface area contributed by atoms with E-state index in [0.717, 1.165) is 85.0 Å². The van der Waals surface area contributed by atoms with E-state index in [2.05, 4.69) is 35.1 Å². The van der Waals surface area contributed by atoms with Gasteiger partial charge in [-0.2, -0.15) is 8.61 Å². The van der Waals surface area contributed by atoms with Gasteiger partial charge in [-0.1, -0.05) is 70.0 Å². The fourth-order valence-corrected chi connectivity index (χ4v) is 14.6. The summed E-state index contributed by atoms with van der Waals surface area (Å²) in [4.78, 5) is 50.6. The third-order valence-electron chi connectivity index (χ3n) is 12.2. The normalized spacial score (nSPS) is 16.7. The number of hydrogen-bond acceptors (Lipinski definition) is 14. The van der Waals surface area contributed by atoms with Gasteiger partial charge >= 0.3 is 11.9 Å². The number of amides is 2. The monoisotopic (exact) mass is 1090 g/mol. The molecule has 2 unspecified atom stereocenters. The molecule has 2 amide bonds. The van der Waals surface area contributed by atoms with E-state index in [0.29, 0.717) is 50.8 Å². The summed E-state index contributed by atoms with van der Waals surface area (Å²) in [5, 5.41) is 22.6. The zero-order chi connectivity index (χ0) is 52.3. The first-order valence-corrected chi connectivity index (χ1v) is 29.5. The number of hydrogen-bond donors (Lipinski definition) is 5. The minimum Gasteiger partial charge on any atom is -0.497 e. The summed E-state index contributed by atoms with van der Waals surface area (Å²) in [6, 6.07) is 16.8. The molecule has 0 radical (unpaired) electrons. The second-order valence-corrected chi connectivity index (χ2v) is 24.5. The van der Waals surface area contributed by atoms with Crippen molar-refractivity contribution < 1.29 is 50.6 Å². The van der Waals surface area contributed by atoms with Crippen LogP contribution >= 0.6 is 34.3 Å². The SMILES string of the molecule is CCCCCCNC1CC(C(=O)O)N(S(=O)(=O)c2ccc(CNC(=O)c3ccc(Cl)cc3)s2)C1.CCCCCCNC1CCN(S(=O)(=O)c2sc(CNC(=O)c3cccc(OC)c3)cc2C(=O)OCC)CC1. The highest BCUT2D eigenvalue weighted by Gasteiger charge is 2.44. The number of esters is 1. The number of carbonyl (C=O) groups excluding carboxylic acids is 3. The highest BCUT2D eigenvalue weighted by molar-refractivity contribution is 7.91. The van der Waals surface area contributed by atoms with E-state index in [1.54, 1.807) is 61.5 Å². The number of benzene rings is 2. The van der Waals surface area contributed by atoms with Crippen LogP contribution in [0.1, 0.15) is 132 Å². The number of ether oxygens (including phenoxy) is 2. The highest BCUT2D eigenvalue weighted by Crippen LogP contribution is 2.33. The van der Waals surface area contributed by atoms with Gasteiger partial charge in [0.15, 0.2) is 0 Å². The fraction of sp³-hybridized carbons (Fsp3) is 0.520. The standard InChI is InChI=1S/C27H39N3O6S2.C23H30ClN3O5S2/c1-4-6-7-8-14-28-21-12-15-30(16-13-21)38(33,34)27-24(26(32)36-5-2)18-23(37-27)19-29-25(31)20-10-9-11-22(17-20)35-3;1-2-3-4-5-12-25-18-13-20(23(29)30)27(15-18)34(31,32)21-11-10-19(33-21)14-26-22(28)16-6-8-17(24)9-7-16/h9-11,17-18,21,28H,4-8,12-16,19H2,1-3H3,(H,29,31);6-11,18,20,25H,2-5,12-15H2,1H3,(H,26,28)(H,29,30). The summed E-state index contributed by atoms with van der Waals surface area (Å²) in [6.07, 6.45) is 10.8. The van der Waals surface area contributed by atoms with E-state index in [1.807, 2.05) is 0 Å². The van der Waals surface area contributed by atoms with Crippen LogP contribution < -0.4 is 26.0 Å². The van der Waals surface area contributed by atoms with Crippen LogP contribution in [0.3, 0.4) is 0 Å². The predicted octanol–water partition coefficient (Wildman–Crippen LogP) is 7.90. The van der Waals surface area contributed by atoms with Gasteiger partial charge in [-0.15, -0.1) is 22.7 Å². The smallest absolute Gasteiger partial charge is 0.340 e. The summed E-state index contributed by atoms with van der Waals surface area (Å²) in [5.74, 6) is -1.90. The van der Waals surface area contributed by atoms with Gasteiger partial charge in [-0.05, 0) is 113 Å². The van der Waals surface area contributed by atoms with Gasteiger partial charge in [0.05, 0.1) is 32.4 Å². The molecule has 0 bridgehead atoms. The lowest BCUT2D eigenvalue weighted by atomic mass is 10.1. The number of sulfonamides is 2. The summed E-state index contributed by atoms with van der Waals surface area (Å²) in [7, 11) is -6.35. The molecule has 2 fully saturated rings. The third kappa shape index (κ3) is 16.8. The number of nitrogens with one attached hydrogen (secondary N) is 4. The average molecular weight is 1090 g/mol. The van der Waals surface area contributed by atoms with E-state index in [4.69, 9.17) is 21.1 Å². The molecule has 2 aliphatic rings. The molecule has 0 spiro atoms. The Morgan fingerprint density at radius 1 is 0.736 bits per heavy atom. The molecular weight excluding hydrogens is 1020 g/mol. The minimum atomic E-state index is -3.98. The molecule has 17 nitrogen and oxygen atoms in total. The van der Waals surface area contributed by atoms with Crippen LogP contribution in [0.4, 0.5) is 0 Å². The Morgan fingerprint density at radius 3 is 1.97 bits per heavy atom. The number of methoxy groups -OCH3 is 1. The summed E-state index contributed by atoms with van der Waals surface area (Å²) >= 11 is 7.86. The Hall–Kier alpha value is -4.45. The number of halogens is 1. The van der Waals surface area contributed by atoms with E-state index >= 15 is 0 Å². The van der Waals surface area contributed by atoms with E-state index < -0.39 is 38.0 Å². The van der Waals surface area contributed by atoms with Crippen LogP contribution in [0.2, 0.25) is 5.02 Å². The Morgan fingerprint density at radius 2 is 1.36 bits per heavy atom. The number of piperidine rings is 1. The van der Waals surface area contributed by atoms with Gasteiger partial charge in [0.2, 0.25) is 0 Å². The molecule has 72 heavy (non-hydrogen) atoms. The number of carboxylic acids is 1. The molecule has 0 aliphatic carbocycles. The van der Waals surface area contributed by atoms with Crippen molar-refractivity contribution in [2.24, 2.45) is 0 Å². The number of carbonyl (C=O) groups is 4. The molecule has 0 saturated carbocycles. The van der Waals surface area contributed by atoms with Crippen LogP contribution in [0, 0.1) is 0 Å². The van der Waals surface area contributed by atoms with Crippen LogP contribution in [-0.4, -0.2) is 119 Å². The van der Waals surface area contributed by atoms with Gasteiger partial charge in [0.25, 0.3) is 31.9 Å². The van der Waals surface area contributed by atoms with Crippen molar-refractivity contribution >= 4 is 78.1 Å². The number of rotatable bonds is 26. The van der Waals surface area contributed by atoms with Crippen molar-refractivity contribution in [1.29, 1.82) is 0 Å². The van der Waals surface area contributed by atoms with Crippen molar-refractivity contribution in [3.05, 3.63) is 98.2 Å². The van der Waals surface area contributed by atoms with Crippen molar-refractivity contribution in [3.63, 3.8) is 0 Å². The molecule has 22 heteroatoms. The maximum atomic E-state index is 13.6. The molecule has 6 rings (SSSR count). The van der Waals surface area contributed by atoms with E-state index in [9.17, 15) is 41.1 Å². The number of unbranched alkanes of at least 4 members (excludes halogenated alkanes) is 6. The molecule has 396 valence electrons. The zero-order valence-electron chi connectivity index (χ0n) is 41.5. The second-order valence-electron chi connectivity index (χ2n) is 17.5. The number of thiophene rings is 2. The Labute approximate surface area is 437 Å². The zero-order valence-corrected chi connectivity index (χ0v) is 45.5. The summed E-state index contributed by atoms with van der Waals surface area (Å²) in [5.41, 5.74) is 0.878. The topological polar surface area (TPSA) is 230 Å². The van der Waals surface area contributed by atoms with Crippen molar-refractivity contribution in [2.75, 3.05) is 46.4 Å². The molecule has 2 aliphatic heterocycles. The lowest BCUT2D eigenvalue weighted by Crippen LogP contribution is -2.45. The summed E-state index contributed by atoms with van der Waals surface area (Å²) < 4.78 is 66.6.